The molecule has 0 saturated carbocycles. The Morgan fingerprint density at radius 1 is 1.33 bits per heavy atom. The molecule has 0 aromatic carbocycles. The maximum atomic E-state index is 11.5. The Kier molecular flexibility index (Phi) is 3.82. The molecule has 0 aliphatic carbocycles. The zero-order valence-corrected chi connectivity index (χ0v) is 7.76. The minimum absolute atomic E-state index is 0.0904. The smallest absolute Gasteiger partial charge is 0.232 e. The largest absolute Gasteiger partial charge is 0.524 e. The zero-order chi connectivity index (χ0) is 9.99. The van der Waals surface area contributed by atoms with Gasteiger partial charge < -0.3 is 0 Å². The van der Waals surface area contributed by atoms with Crippen molar-refractivity contribution in [2.45, 2.75) is 5.51 Å². The Morgan fingerprint density at radius 3 is 2.00 bits per heavy atom. The summed E-state index contributed by atoms with van der Waals surface area (Å²) in [6.07, 6.45) is 0. The lowest BCUT2D eigenvalue weighted by atomic mass is 11.3. The fourth-order valence-corrected chi connectivity index (χ4v) is 1.26. The molecule has 0 N–H and O–H groups in total. The van der Waals surface area contributed by atoms with Gasteiger partial charge in [0, 0.05) is 0 Å². The van der Waals surface area contributed by atoms with E-state index in [4.69, 9.17) is 0 Å². The van der Waals surface area contributed by atoms with Crippen molar-refractivity contribution in [3.8, 4) is 0 Å². The molecule has 0 spiro atoms. The van der Waals surface area contributed by atoms with Gasteiger partial charge in [-0.25, -0.2) is 4.31 Å². The highest BCUT2D eigenvalue weighted by Crippen LogP contribution is 2.28. The molecule has 9 heteroatoms. The van der Waals surface area contributed by atoms with Gasteiger partial charge in [-0.05, 0) is 14.1 Å². The summed E-state index contributed by atoms with van der Waals surface area (Å²) in [6.45, 7) is 0. The summed E-state index contributed by atoms with van der Waals surface area (Å²) in [5.74, 6) is 0. The molecule has 0 aliphatic heterocycles. The third kappa shape index (κ3) is 3.61. The first-order valence-electron chi connectivity index (χ1n) is 2.51. The highest BCUT2D eigenvalue weighted by Gasteiger charge is 2.48. The van der Waals surface area contributed by atoms with E-state index in [1.165, 1.54) is 14.1 Å². The van der Waals surface area contributed by atoms with Crippen LogP contribution in [-0.4, -0.2) is 32.3 Å². The van der Waals surface area contributed by atoms with Crippen LogP contribution in [0.4, 0.5) is 13.2 Å². The monoisotopic (exact) mass is 225 g/mol. The SMILES string of the molecule is CN(C)SOS(=O)(=O)C(F)(F)F. The second-order valence-electron chi connectivity index (χ2n) is 1.85. The van der Waals surface area contributed by atoms with Crippen LogP contribution in [0.25, 0.3) is 0 Å². The van der Waals surface area contributed by atoms with E-state index in [0.717, 1.165) is 4.31 Å². The van der Waals surface area contributed by atoms with E-state index in [1.807, 2.05) is 0 Å². The summed E-state index contributed by atoms with van der Waals surface area (Å²) in [5, 5.41) is 0. The van der Waals surface area contributed by atoms with Crippen LogP contribution in [0.5, 0.6) is 0 Å². The van der Waals surface area contributed by atoms with Gasteiger partial charge in [0.25, 0.3) is 0 Å². The summed E-state index contributed by atoms with van der Waals surface area (Å²) in [7, 11) is -2.78. The molecule has 0 heterocycles. The minimum atomic E-state index is -5.47. The molecule has 0 unspecified atom stereocenters. The van der Waals surface area contributed by atoms with Crippen LogP contribution in [-0.2, 0) is 13.7 Å². The van der Waals surface area contributed by atoms with Crippen molar-refractivity contribution >= 4 is 22.3 Å². The van der Waals surface area contributed by atoms with E-state index < -0.39 is 15.6 Å². The molecule has 4 nitrogen and oxygen atoms in total. The molecule has 0 bridgehead atoms. The number of hydrogen-bond acceptors (Lipinski definition) is 5. The van der Waals surface area contributed by atoms with E-state index in [2.05, 4.69) is 3.63 Å². The van der Waals surface area contributed by atoms with Crippen molar-refractivity contribution < 1.29 is 25.2 Å². The van der Waals surface area contributed by atoms with E-state index in [1.54, 1.807) is 0 Å². The minimum Gasteiger partial charge on any atom is -0.232 e. The molecule has 0 aliphatic rings. The van der Waals surface area contributed by atoms with Crippen molar-refractivity contribution in [1.82, 2.24) is 4.31 Å². The van der Waals surface area contributed by atoms with E-state index in [9.17, 15) is 21.6 Å². The molecule has 74 valence electrons. The average Bonchev–Trinajstić information content (AvgIpc) is 1.81. The summed E-state index contributed by atoms with van der Waals surface area (Å²) in [6, 6.07) is 0. The molecule has 0 fully saturated rings. The van der Waals surface area contributed by atoms with Crippen molar-refractivity contribution in [1.29, 1.82) is 0 Å². The lowest BCUT2D eigenvalue weighted by Gasteiger charge is -2.09. The predicted molar refractivity (Wildman–Crippen MR) is 37.3 cm³/mol. The number of alkyl halides is 3. The van der Waals surface area contributed by atoms with Gasteiger partial charge in [-0.2, -0.15) is 25.2 Å². The normalized spacial score (nSPS) is 13.8. The third-order valence-corrected chi connectivity index (χ3v) is 2.38. The number of nitrogens with zero attached hydrogens (tertiary/aromatic N) is 1. The van der Waals surface area contributed by atoms with Gasteiger partial charge in [-0.1, -0.05) is 0 Å². The summed E-state index contributed by atoms with van der Waals surface area (Å²) in [5.41, 5.74) is -5.37. The molecule has 0 atom stereocenters. The van der Waals surface area contributed by atoms with Crippen LogP contribution in [0, 0.1) is 0 Å². The van der Waals surface area contributed by atoms with Gasteiger partial charge in [0.2, 0.25) is 0 Å². The van der Waals surface area contributed by atoms with Crippen LogP contribution < -0.4 is 0 Å². The topological polar surface area (TPSA) is 46.6 Å². The Morgan fingerprint density at radius 2 is 1.75 bits per heavy atom. The maximum absolute atomic E-state index is 11.5. The zero-order valence-electron chi connectivity index (χ0n) is 6.12. The second-order valence-corrected chi connectivity index (χ2v) is 4.65. The average molecular weight is 225 g/mol. The van der Waals surface area contributed by atoms with Gasteiger partial charge in [-0.15, -0.1) is 0 Å². The molecular formula is C3H6F3NO3S2. The standard InChI is InChI=1S/C3H6F3NO3S2/c1-7(2)11-10-12(8,9)3(4,5)6/h1-2H3. The van der Waals surface area contributed by atoms with Crippen LogP contribution in [0.1, 0.15) is 0 Å². The number of hydrogen-bond donors (Lipinski definition) is 0. The third-order valence-electron chi connectivity index (χ3n) is 0.553. The van der Waals surface area contributed by atoms with E-state index >= 15 is 0 Å². The Balaban J connectivity index is 4.27. The fraction of sp³-hybridized carbons (Fsp3) is 1.00. The van der Waals surface area contributed by atoms with Crippen LogP contribution >= 0.6 is 12.2 Å². The highest BCUT2D eigenvalue weighted by molar-refractivity contribution is 8.03. The predicted octanol–water partition coefficient (Wildman–Crippen LogP) is 0.977. The van der Waals surface area contributed by atoms with Gasteiger partial charge in [0.15, 0.2) is 0 Å². The van der Waals surface area contributed by atoms with Crippen molar-refractivity contribution in [3.05, 3.63) is 0 Å². The van der Waals surface area contributed by atoms with Crippen LogP contribution in [0.15, 0.2) is 0 Å². The fourth-order valence-electron chi connectivity index (χ4n) is 0.139. The van der Waals surface area contributed by atoms with Crippen molar-refractivity contribution in [3.63, 3.8) is 0 Å². The van der Waals surface area contributed by atoms with E-state index in [-0.39, 0.29) is 12.2 Å². The van der Waals surface area contributed by atoms with Crippen molar-refractivity contribution in [2.75, 3.05) is 14.1 Å². The Labute approximate surface area is 72.1 Å². The van der Waals surface area contributed by atoms with Crippen LogP contribution in [0.3, 0.4) is 0 Å². The number of rotatable bonds is 3. The highest BCUT2D eigenvalue weighted by atomic mass is 32.3. The van der Waals surface area contributed by atoms with Gasteiger partial charge in [0.05, 0.1) is 0 Å². The summed E-state index contributed by atoms with van der Waals surface area (Å²) in [4.78, 5) is 0. The molecule has 0 radical (unpaired) electrons. The van der Waals surface area contributed by atoms with Gasteiger partial charge in [-0.3, -0.25) is 0 Å². The molecular weight excluding hydrogens is 219 g/mol. The quantitative estimate of drug-likeness (QED) is 0.407. The van der Waals surface area contributed by atoms with Gasteiger partial charge in [0.1, 0.15) is 12.2 Å². The van der Waals surface area contributed by atoms with Crippen LogP contribution in [0.2, 0.25) is 0 Å². The first-order valence-corrected chi connectivity index (χ1v) is 4.62. The number of halogens is 3. The Bertz CT molecular complexity index is 234. The summed E-state index contributed by atoms with van der Waals surface area (Å²) >= 11 is 0.0904. The van der Waals surface area contributed by atoms with E-state index in [0.29, 0.717) is 0 Å². The first-order chi connectivity index (χ1) is 5.17. The van der Waals surface area contributed by atoms with Crippen molar-refractivity contribution in [2.24, 2.45) is 0 Å². The molecule has 12 heavy (non-hydrogen) atoms. The second kappa shape index (κ2) is 3.81. The lowest BCUT2D eigenvalue weighted by molar-refractivity contribution is -0.0495. The molecule has 0 aromatic heterocycles. The lowest BCUT2D eigenvalue weighted by Crippen LogP contribution is -2.24. The maximum Gasteiger partial charge on any atom is 0.524 e. The Hall–Kier alpha value is 0.01000. The van der Waals surface area contributed by atoms with Gasteiger partial charge >= 0.3 is 15.6 Å². The molecule has 0 amide bonds. The summed E-state index contributed by atoms with van der Waals surface area (Å²) < 4.78 is 59.6. The molecule has 0 aromatic rings. The molecule has 0 saturated heterocycles. The molecule has 0 rings (SSSR count). The first kappa shape index (κ1) is 12.0.